The molecule has 0 spiro atoms. The lowest BCUT2D eigenvalue weighted by atomic mass is 10.2. The van der Waals surface area contributed by atoms with E-state index in [2.05, 4.69) is 15.6 Å². The molecule has 0 atom stereocenters. The van der Waals surface area contributed by atoms with Gasteiger partial charge in [0.05, 0.1) is 17.1 Å². The molecule has 1 aromatic carbocycles. The van der Waals surface area contributed by atoms with Crippen LogP contribution in [0.2, 0.25) is 0 Å². The van der Waals surface area contributed by atoms with Gasteiger partial charge in [-0.15, -0.1) is 0 Å². The Balaban J connectivity index is 2.03. The quantitative estimate of drug-likeness (QED) is 0.781. The Hall–Kier alpha value is -2.26. The summed E-state index contributed by atoms with van der Waals surface area (Å²) < 4.78 is 18.1. The smallest absolute Gasteiger partial charge is 0.231 e. The summed E-state index contributed by atoms with van der Waals surface area (Å²) in [5, 5.41) is 8.67. The maximum Gasteiger partial charge on any atom is 0.231 e. The van der Waals surface area contributed by atoms with Gasteiger partial charge in [0.15, 0.2) is 11.5 Å². The highest BCUT2D eigenvalue weighted by molar-refractivity contribution is 5.81. The third kappa shape index (κ3) is 2.17. The molecule has 3 rings (SSSR count). The minimum atomic E-state index is 0.251. The van der Waals surface area contributed by atoms with Gasteiger partial charge in [0.1, 0.15) is 12.4 Å². The van der Waals surface area contributed by atoms with E-state index in [1.54, 1.807) is 7.11 Å². The second-order valence-corrected chi connectivity index (χ2v) is 4.57. The van der Waals surface area contributed by atoms with E-state index in [-0.39, 0.29) is 6.79 Å². The Morgan fingerprint density at radius 1 is 1.40 bits per heavy atom. The number of fused-ring (bicyclic) bond motifs is 2. The van der Waals surface area contributed by atoms with Crippen LogP contribution in [0, 0.1) is 11.3 Å². The molecular formula is C14H15N3O3. The van der Waals surface area contributed by atoms with Gasteiger partial charge in [0.25, 0.3) is 0 Å². The van der Waals surface area contributed by atoms with Crippen LogP contribution in [0.5, 0.6) is 11.5 Å². The lowest BCUT2D eigenvalue weighted by Crippen LogP contribution is -2.05. The highest BCUT2D eigenvalue weighted by Crippen LogP contribution is 2.36. The van der Waals surface area contributed by atoms with Gasteiger partial charge >= 0.3 is 0 Å². The van der Waals surface area contributed by atoms with Crippen molar-refractivity contribution in [3.63, 3.8) is 0 Å². The summed E-state index contributed by atoms with van der Waals surface area (Å²) in [5.74, 6) is 2.31. The van der Waals surface area contributed by atoms with Gasteiger partial charge in [0, 0.05) is 32.2 Å². The standard InChI is InChI=1S/C14H15N3O3/c1-18-8-14-16-10-6-12-13(20-9-19-12)7-11(10)17(14)5-3-2-4-15/h6-7H,2-3,5,8-9H2,1H3. The van der Waals surface area contributed by atoms with Gasteiger partial charge in [-0.25, -0.2) is 4.98 Å². The number of ether oxygens (including phenoxy) is 3. The van der Waals surface area contributed by atoms with E-state index >= 15 is 0 Å². The van der Waals surface area contributed by atoms with E-state index in [0.717, 1.165) is 41.3 Å². The summed E-state index contributed by atoms with van der Waals surface area (Å²) in [5.41, 5.74) is 1.84. The predicted molar refractivity (Wildman–Crippen MR) is 71.4 cm³/mol. The maximum absolute atomic E-state index is 8.67. The first-order valence-electron chi connectivity index (χ1n) is 6.48. The van der Waals surface area contributed by atoms with Crippen molar-refractivity contribution in [3.05, 3.63) is 18.0 Å². The average Bonchev–Trinajstić information content (AvgIpc) is 3.02. The number of aromatic nitrogens is 2. The molecule has 2 heterocycles. The zero-order valence-electron chi connectivity index (χ0n) is 11.3. The van der Waals surface area contributed by atoms with Crippen LogP contribution in [-0.2, 0) is 17.9 Å². The SMILES string of the molecule is COCc1nc2cc3c(cc2n1CCCC#N)OCO3. The third-order valence-electron chi connectivity index (χ3n) is 3.27. The number of benzene rings is 1. The molecule has 104 valence electrons. The summed E-state index contributed by atoms with van der Waals surface area (Å²) in [6.45, 7) is 1.43. The van der Waals surface area contributed by atoms with Gasteiger partial charge in [-0.2, -0.15) is 5.26 Å². The molecule has 1 aliphatic rings. The number of hydrogen-bond acceptors (Lipinski definition) is 5. The molecule has 1 aromatic heterocycles. The normalized spacial score (nSPS) is 12.8. The second-order valence-electron chi connectivity index (χ2n) is 4.57. The zero-order valence-corrected chi connectivity index (χ0v) is 11.3. The molecule has 6 heteroatoms. The van der Waals surface area contributed by atoms with E-state index in [4.69, 9.17) is 19.5 Å². The fraction of sp³-hybridized carbons (Fsp3) is 0.429. The van der Waals surface area contributed by atoms with Crippen molar-refractivity contribution >= 4 is 11.0 Å². The van der Waals surface area contributed by atoms with Gasteiger partial charge in [-0.1, -0.05) is 0 Å². The molecule has 6 nitrogen and oxygen atoms in total. The number of unbranched alkanes of at least 4 members (excludes halogenated alkanes) is 1. The van der Waals surface area contributed by atoms with Crippen molar-refractivity contribution < 1.29 is 14.2 Å². The van der Waals surface area contributed by atoms with E-state index in [0.29, 0.717) is 13.0 Å². The van der Waals surface area contributed by atoms with Crippen molar-refractivity contribution in [1.29, 1.82) is 5.26 Å². The fourth-order valence-electron chi connectivity index (χ4n) is 2.37. The van der Waals surface area contributed by atoms with E-state index in [9.17, 15) is 0 Å². The largest absolute Gasteiger partial charge is 0.454 e. The van der Waals surface area contributed by atoms with Crippen molar-refractivity contribution in [2.24, 2.45) is 0 Å². The number of nitrogens with zero attached hydrogens (tertiary/aromatic N) is 3. The van der Waals surface area contributed by atoms with Crippen LogP contribution in [0.15, 0.2) is 12.1 Å². The average molecular weight is 273 g/mol. The van der Waals surface area contributed by atoms with E-state index < -0.39 is 0 Å². The first-order chi connectivity index (χ1) is 9.83. The molecule has 0 aliphatic carbocycles. The van der Waals surface area contributed by atoms with Crippen LogP contribution < -0.4 is 9.47 Å². The van der Waals surface area contributed by atoms with Crippen LogP contribution >= 0.6 is 0 Å². The Labute approximate surface area is 116 Å². The van der Waals surface area contributed by atoms with Crippen molar-refractivity contribution in [2.75, 3.05) is 13.9 Å². The van der Waals surface area contributed by atoms with Gasteiger partial charge in [-0.05, 0) is 6.42 Å². The number of imidazole rings is 1. The molecule has 0 bridgehead atoms. The number of nitriles is 1. The summed E-state index contributed by atoms with van der Waals surface area (Å²) in [7, 11) is 1.64. The number of rotatable bonds is 5. The lowest BCUT2D eigenvalue weighted by Gasteiger charge is -2.07. The maximum atomic E-state index is 8.67. The number of hydrogen-bond donors (Lipinski definition) is 0. The summed E-state index contributed by atoms with van der Waals surface area (Å²) in [6, 6.07) is 5.99. The van der Waals surface area contributed by atoms with E-state index in [1.165, 1.54) is 0 Å². The minimum Gasteiger partial charge on any atom is -0.454 e. The van der Waals surface area contributed by atoms with Gasteiger partial charge in [0.2, 0.25) is 6.79 Å². The topological polar surface area (TPSA) is 69.3 Å². The molecule has 0 fully saturated rings. The monoisotopic (exact) mass is 273 g/mol. The zero-order chi connectivity index (χ0) is 13.9. The summed E-state index contributed by atoms with van der Waals surface area (Å²) >= 11 is 0. The van der Waals surface area contributed by atoms with E-state index in [1.807, 2.05) is 12.1 Å². The van der Waals surface area contributed by atoms with Crippen LogP contribution in [0.1, 0.15) is 18.7 Å². The molecular weight excluding hydrogens is 258 g/mol. The molecule has 0 saturated carbocycles. The fourth-order valence-corrected chi connectivity index (χ4v) is 2.37. The van der Waals surface area contributed by atoms with Crippen molar-refractivity contribution in [1.82, 2.24) is 9.55 Å². The van der Waals surface area contributed by atoms with Crippen molar-refractivity contribution in [2.45, 2.75) is 26.0 Å². The van der Waals surface area contributed by atoms with Gasteiger partial charge < -0.3 is 18.8 Å². The Kier molecular flexibility index (Phi) is 3.44. The third-order valence-corrected chi connectivity index (χ3v) is 3.27. The Bertz CT molecular complexity index is 672. The molecule has 1 aliphatic heterocycles. The number of methoxy groups -OCH3 is 1. The summed E-state index contributed by atoms with van der Waals surface area (Å²) in [6.07, 6.45) is 1.31. The first-order valence-corrected chi connectivity index (χ1v) is 6.48. The second kappa shape index (κ2) is 5.39. The molecule has 0 unspecified atom stereocenters. The molecule has 0 radical (unpaired) electrons. The van der Waals surface area contributed by atoms with Crippen LogP contribution in [0.25, 0.3) is 11.0 Å². The Morgan fingerprint density at radius 3 is 2.95 bits per heavy atom. The molecule has 0 saturated heterocycles. The van der Waals surface area contributed by atoms with Gasteiger partial charge in [-0.3, -0.25) is 0 Å². The predicted octanol–water partition coefficient (Wildman–Crippen LogP) is 2.22. The first kappa shape index (κ1) is 12.8. The Morgan fingerprint density at radius 2 is 2.20 bits per heavy atom. The minimum absolute atomic E-state index is 0.251. The molecule has 2 aromatic rings. The van der Waals surface area contributed by atoms with Crippen LogP contribution in [0.3, 0.4) is 0 Å². The highest BCUT2D eigenvalue weighted by Gasteiger charge is 2.18. The molecule has 0 N–H and O–H groups in total. The molecule has 20 heavy (non-hydrogen) atoms. The highest BCUT2D eigenvalue weighted by atomic mass is 16.7. The van der Waals surface area contributed by atoms with Crippen LogP contribution in [-0.4, -0.2) is 23.5 Å². The molecule has 0 amide bonds. The van der Waals surface area contributed by atoms with Crippen molar-refractivity contribution in [3.8, 4) is 17.6 Å². The number of aryl methyl sites for hydroxylation is 1. The van der Waals surface area contributed by atoms with Crippen LogP contribution in [0.4, 0.5) is 0 Å². The lowest BCUT2D eigenvalue weighted by molar-refractivity contribution is 0.173. The summed E-state index contributed by atoms with van der Waals surface area (Å²) in [4.78, 5) is 4.58.